The van der Waals surface area contributed by atoms with Crippen molar-refractivity contribution in [2.75, 3.05) is 0 Å². The molecule has 108 valence electrons. The number of aromatic hydroxyl groups is 1. The predicted molar refractivity (Wildman–Crippen MR) is 79.4 cm³/mol. The van der Waals surface area contributed by atoms with Crippen LogP contribution < -0.4 is 5.56 Å². The molecule has 6 heteroatoms. The second-order valence-electron chi connectivity index (χ2n) is 4.94. The van der Waals surface area contributed by atoms with Crippen molar-refractivity contribution in [2.24, 2.45) is 0 Å². The van der Waals surface area contributed by atoms with E-state index < -0.39 is 0 Å². The summed E-state index contributed by atoms with van der Waals surface area (Å²) in [4.78, 5) is 26.3. The summed E-state index contributed by atoms with van der Waals surface area (Å²) >= 11 is 0. The zero-order valence-electron chi connectivity index (χ0n) is 11.7. The molecule has 0 aliphatic rings. The zero-order chi connectivity index (χ0) is 14.8. The summed E-state index contributed by atoms with van der Waals surface area (Å²) in [5.41, 5.74) is 1.85. The molecular formula is C15H16N4O2. The molecule has 0 spiro atoms. The van der Waals surface area contributed by atoms with Crippen LogP contribution in [0.4, 0.5) is 0 Å². The molecule has 0 atom stereocenters. The van der Waals surface area contributed by atoms with Gasteiger partial charge in [-0.15, -0.1) is 0 Å². The van der Waals surface area contributed by atoms with Gasteiger partial charge in [-0.05, 0) is 18.6 Å². The zero-order valence-corrected chi connectivity index (χ0v) is 11.7. The molecule has 2 aromatic heterocycles. The lowest BCUT2D eigenvalue weighted by molar-refractivity contribution is 0.439. The number of hydrogen-bond acceptors (Lipinski definition) is 4. The molecule has 0 saturated heterocycles. The van der Waals surface area contributed by atoms with E-state index in [1.807, 2.05) is 31.2 Å². The highest BCUT2D eigenvalue weighted by atomic mass is 16.3. The molecule has 0 amide bonds. The van der Waals surface area contributed by atoms with Gasteiger partial charge in [0.05, 0.1) is 23.0 Å². The number of H-pyrrole nitrogens is 2. The maximum Gasteiger partial charge on any atom is 0.257 e. The first-order valence-electron chi connectivity index (χ1n) is 6.92. The topological polar surface area (TPSA) is 94.7 Å². The largest absolute Gasteiger partial charge is 0.493 e. The monoisotopic (exact) mass is 284 g/mol. The quantitative estimate of drug-likeness (QED) is 0.682. The molecule has 3 N–H and O–H groups in total. The number of aromatic amines is 2. The molecule has 3 aromatic rings. The van der Waals surface area contributed by atoms with Gasteiger partial charge in [0.2, 0.25) is 5.88 Å². The number of benzene rings is 1. The van der Waals surface area contributed by atoms with Crippen LogP contribution in [0.2, 0.25) is 0 Å². The maximum absolute atomic E-state index is 11.9. The Kier molecular flexibility index (Phi) is 3.43. The van der Waals surface area contributed by atoms with Gasteiger partial charge in [-0.1, -0.05) is 25.5 Å². The Balaban J connectivity index is 1.92. The summed E-state index contributed by atoms with van der Waals surface area (Å²) < 4.78 is 0. The molecular weight excluding hydrogens is 268 g/mol. The maximum atomic E-state index is 11.9. The van der Waals surface area contributed by atoms with E-state index in [4.69, 9.17) is 0 Å². The third-order valence-corrected chi connectivity index (χ3v) is 3.32. The van der Waals surface area contributed by atoms with Crippen molar-refractivity contribution in [2.45, 2.75) is 26.2 Å². The summed E-state index contributed by atoms with van der Waals surface area (Å²) in [6.07, 6.45) is 1.63. The minimum Gasteiger partial charge on any atom is -0.493 e. The third kappa shape index (κ3) is 2.65. The van der Waals surface area contributed by atoms with Crippen LogP contribution in [0.25, 0.3) is 11.0 Å². The standard InChI is InChI=1S/C15H16N4O2/c1-2-5-9-14(20)18-13(19-15(9)21)8-12-16-10-6-3-4-7-11(10)17-12/h3-4,6-7H,2,5,8H2,1H3,(H,16,17)(H2,18,19,20,21). The van der Waals surface area contributed by atoms with E-state index in [1.165, 1.54) is 0 Å². The highest BCUT2D eigenvalue weighted by Gasteiger charge is 2.11. The second kappa shape index (κ2) is 5.40. The van der Waals surface area contributed by atoms with E-state index in [0.717, 1.165) is 17.5 Å². The molecule has 0 saturated carbocycles. The first kappa shape index (κ1) is 13.4. The molecule has 0 fully saturated rings. The number of imidazole rings is 1. The predicted octanol–water partition coefficient (Wildman–Crippen LogP) is 1.90. The number of aromatic nitrogens is 4. The Morgan fingerprint density at radius 2 is 1.90 bits per heavy atom. The SMILES string of the molecule is CCCc1c(O)nc(Cc2nc3ccccc3[nH]2)[nH]c1=O. The Hall–Kier alpha value is -2.63. The van der Waals surface area contributed by atoms with Crippen LogP contribution >= 0.6 is 0 Å². The molecule has 0 bridgehead atoms. The van der Waals surface area contributed by atoms with Crippen LogP contribution in [0.3, 0.4) is 0 Å². The molecule has 0 aliphatic carbocycles. The van der Waals surface area contributed by atoms with Gasteiger partial charge in [-0.2, -0.15) is 4.98 Å². The van der Waals surface area contributed by atoms with Gasteiger partial charge in [0, 0.05) is 0 Å². The fourth-order valence-electron chi connectivity index (χ4n) is 2.34. The van der Waals surface area contributed by atoms with Crippen LogP contribution in [0, 0.1) is 0 Å². The molecule has 0 unspecified atom stereocenters. The van der Waals surface area contributed by atoms with Gasteiger partial charge in [0.25, 0.3) is 5.56 Å². The summed E-state index contributed by atoms with van der Waals surface area (Å²) in [7, 11) is 0. The van der Waals surface area contributed by atoms with E-state index in [0.29, 0.717) is 30.1 Å². The van der Waals surface area contributed by atoms with Crippen molar-refractivity contribution in [3.8, 4) is 5.88 Å². The Bertz CT molecular complexity index is 802. The molecule has 1 aromatic carbocycles. The molecule has 21 heavy (non-hydrogen) atoms. The lowest BCUT2D eigenvalue weighted by atomic mass is 10.2. The Morgan fingerprint density at radius 1 is 1.14 bits per heavy atom. The van der Waals surface area contributed by atoms with Crippen LogP contribution in [-0.2, 0) is 12.8 Å². The first-order valence-corrected chi connectivity index (χ1v) is 6.92. The van der Waals surface area contributed by atoms with E-state index in [9.17, 15) is 9.90 Å². The molecule has 3 rings (SSSR count). The number of fused-ring (bicyclic) bond motifs is 1. The van der Waals surface area contributed by atoms with E-state index in [1.54, 1.807) is 0 Å². The minimum absolute atomic E-state index is 0.188. The fourth-order valence-corrected chi connectivity index (χ4v) is 2.34. The van der Waals surface area contributed by atoms with Crippen LogP contribution in [0.1, 0.15) is 30.6 Å². The number of para-hydroxylation sites is 2. The van der Waals surface area contributed by atoms with Crippen molar-refractivity contribution in [3.63, 3.8) is 0 Å². The average molecular weight is 284 g/mol. The number of nitrogens with zero attached hydrogens (tertiary/aromatic N) is 2. The average Bonchev–Trinajstić information content (AvgIpc) is 2.85. The number of hydrogen-bond donors (Lipinski definition) is 3. The van der Waals surface area contributed by atoms with Gasteiger partial charge in [0.1, 0.15) is 11.6 Å². The van der Waals surface area contributed by atoms with Crippen molar-refractivity contribution in [1.82, 2.24) is 19.9 Å². The van der Waals surface area contributed by atoms with Crippen molar-refractivity contribution in [1.29, 1.82) is 0 Å². The van der Waals surface area contributed by atoms with E-state index in [2.05, 4.69) is 19.9 Å². The smallest absolute Gasteiger partial charge is 0.257 e. The molecule has 0 radical (unpaired) electrons. The van der Waals surface area contributed by atoms with Gasteiger partial charge in [0.15, 0.2) is 0 Å². The van der Waals surface area contributed by atoms with Crippen LogP contribution in [-0.4, -0.2) is 25.0 Å². The minimum atomic E-state index is -0.282. The number of rotatable bonds is 4. The molecule has 6 nitrogen and oxygen atoms in total. The van der Waals surface area contributed by atoms with Crippen molar-refractivity contribution >= 4 is 11.0 Å². The van der Waals surface area contributed by atoms with Gasteiger partial charge < -0.3 is 15.1 Å². The van der Waals surface area contributed by atoms with Crippen molar-refractivity contribution in [3.05, 3.63) is 51.8 Å². The van der Waals surface area contributed by atoms with Crippen LogP contribution in [0.5, 0.6) is 5.88 Å². The van der Waals surface area contributed by atoms with Crippen LogP contribution in [0.15, 0.2) is 29.1 Å². The summed E-state index contributed by atoms with van der Waals surface area (Å²) in [6, 6.07) is 7.69. The van der Waals surface area contributed by atoms with Gasteiger partial charge >= 0.3 is 0 Å². The second-order valence-corrected chi connectivity index (χ2v) is 4.94. The summed E-state index contributed by atoms with van der Waals surface area (Å²) in [6.45, 7) is 1.95. The van der Waals surface area contributed by atoms with Crippen molar-refractivity contribution < 1.29 is 5.11 Å². The Morgan fingerprint density at radius 3 is 2.62 bits per heavy atom. The highest BCUT2D eigenvalue weighted by molar-refractivity contribution is 5.74. The van der Waals surface area contributed by atoms with Gasteiger partial charge in [-0.3, -0.25) is 4.79 Å². The molecule has 2 heterocycles. The highest BCUT2D eigenvalue weighted by Crippen LogP contribution is 2.14. The van der Waals surface area contributed by atoms with E-state index >= 15 is 0 Å². The fraction of sp³-hybridized carbons (Fsp3) is 0.267. The van der Waals surface area contributed by atoms with E-state index in [-0.39, 0.29) is 11.4 Å². The Labute approximate surface area is 120 Å². The lowest BCUT2D eigenvalue weighted by Gasteiger charge is -2.03. The van der Waals surface area contributed by atoms with Gasteiger partial charge in [-0.25, -0.2) is 4.98 Å². The lowest BCUT2D eigenvalue weighted by Crippen LogP contribution is -2.17. The number of nitrogens with one attached hydrogen (secondary N) is 2. The molecule has 0 aliphatic heterocycles. The summed E-state index contributed by atoms with van der Waals surface area (Å²) in [5.74, 6) is 0.908. The first-order chi connectivity index (χ1) is 10.2. The normalized spacial score (nSPS) is 11.1. The third-order valence-electron chi connectivity index (χ3n) is 3.32. The summed E-state index contributed by atoms with van der Waals surface area (Å²) in [5, 5.41) is 9.86.